The van der Waals surface area contributed by atoms with Crippen LogP contribution in [0.5, 0.6) is 0 Å². The highest BCUT2D eigenvalue weighted by Gasteiger charge is 2.30. The largest absolute Gasteiger partial charge is 0.333 e. The Hall–Kier alpha value is -2.18. The first-order valence-corrected chi connectivity index (χ1v) is 8.97. The Balaban J connectivity index is 1.46. The van der Waals surface area contributed by atoms with Crippen molar-refractivity contribution in [3.8, 4) is 0 Å². The molecule has 5 nitrogen and oxygen atoms in total. The van der Waals surface area contributed by atoms with Gasteiger partial charge in [-0.1, -0.05) is 36.4 Å². The van der Waals surface area contributed by atoms with Gasteiger partial charge in [-0.15, -0.1) is 11.3 Å². The molecule has 6 heteroatoms. The van der Waals surface area contributed by atoms with Crippen molar-refractivity contribution < 1.29 is 9.59 Å². The summed E-state index contributed by atoms with van der Waals surface area (Å²) in [5.41, 5.74) is 1.18. The second kappa shape index (κ2) is 8.08. The zero-order valence-corrected chi connectivity index (χ0v) is 14.2. The molecule has 1 aliphatic carbocycles. The number of nitrogens with zero attached hydrogens (tertiary/aromatic N) is 1. The third-order valence-electron chi connectivity index (χ3n) is 3.89. The van der Waals surface area contributed by atoms with Crippen LogP contribution in [0.4, 0.5) is 4.79 Å². The Bertz CT molecular complexity index is 669. The van der Waals surface area contributed by atoms with Crippen LogP contribution in [0.25, 0.3) is 0 Å². The minimum absolute atomic E-state index is 0.242. The maximum Gasteiger partial charge on any atom is 0.321 e. The number of urea groups is 1. The monoisotopic (exact) mass is 343 g/mol. The number of carbonyl (C=O) groups is 2. The van der Waals surface area contributed by atoms with Crippen LogP contribution in [-0.4, -0.2) is 29.4 Å². The number of amides is 3. The molecule has 1 saturated carbocycles. The SMILES string of the molecule is O=C(CN(Cc1ccccc1)C1CC1)NC(=O)NCc1cccs1. The quantitative estimate of drug-likeness (QED) is 0.813. The van der Waals surface area contributed by atoms with Gasteiger partial charge >= 0.3 is 6.03 Å². The molecule has 0 atom stereocenters. The highest BCUT2D eigenvalue weighted by molar-refractivity contribution is 7.09. The molecule has 1 fully saturated rings. The predicted octanol–water partition coefficient (Wildman–Crippen LogP) is 2.74. The first-order chi connectivity index (χ1) is 11.7. The molecule has 3 rings (SSSR count). The topological polar surface area (TPSA) is 61.4 Å². The van der Waals surface area contributed by atoms with Gasteiger partial charge in [0, 0.05) is 17.5 Å². The third-order valence-corrected chi connectivity index (χ3v) is 4.77. The lowest BCUT2D eigenvalue weighted by Crippen LogP contribution is -2.44. The molecule has 0 bridgehead atoms. The van der Waals surface area contributed by atoms with E-state index in [2.05, 4.69) is 27.7 Å². The average Bonchev–Trinajstić information content (AvgIpc) is 3.29. The summed E-state index contributed by atoms with van der Waals surface area (Å²) in [6.07, 6.45) is 2.23. The highest BCUT2D eigenvalue weighted by atomic mass is 32.1. The number of imide groups is 1. The van der Waals surface area contributed by atoms with Crippen LogP contribution in [0, 0.1) is 0 Å². The van der Waals surface area contributed by atoms with Crippen LogP contribution in [0.2, 0.25) is 0 Å². The van der Waals surface area contributed by atoms with Crippen LogP contribution in [-0.2, 0) is 17.9 Å². The Kier molecular flexibility index (Phi) is 5.61. The van der Waals surface area contributed by atoms with Crippen LogP contribution in [0.1, 0.15) is 23.3 Å². The van der Waals surface area contributed by atoms with Gasteiger partial charge in [0.05, 0.1) is 13.1 Å². The van der Waals surface area contributed by atoms with Gasteiger partial charge in [-0.25, -0.2) is 4.79 Å². The molecule has 1 aromatic carbocycles. The summed E-state index contributed by atoms with van der Waals surface area (Å²) in [6.45, 7) is 1.41. The fourth-order valence-corrected chi connectivity index (χ4v) is 3.19. The summed E-state index contributed by atoms with van der Waals surface area (Å²) in [5.74, 6) is -0.262. The Morgan fingerprint density at radius 2 is 1.92 bits per heavy atom. The van der Waals surface area contributed by atoms with Crippen molar-refractivity contribution in [2.24, 2.45) is 0 Å². The van der Waals surface area contributed by atoms with Crippen LogP contribution < -0.4 is 10.6 Å². The lowest BCUT2D eigenvalue weighted by Gasteiger charge is -2.21. The number of thiophene rings is 1. The van der Waals surface area contributed by atoms with Gasteiger partial charge in [0.1, 0.15) is 0 Å². The number of nitrogens with one attached hydrogen (secondary N) is 2. The summed E-state index contributed by atoms with van der Waals surface area (Å²) >= 11 is 1.57. The molecule has 1 aliphatic rings. The lowest BCUT2D eigenvalue weighted by molar-refractivity contribution is -0.121. The van der Waals surface area contributed by atoms with E-state index in [-0.39, 0.29) is 12.5 Å². The molecule has 24 heavy (non-hydrogen) atoms. The number of benzene rings is 1. The zero-order chi connectivity index (χ0) is 16.8. The fraction of sp³-hybridized carbons (Fsp3) is 0.333. The standard InChI is InChI=1S/C18H21N3O2S/c22-17(20-18(23)19-11-16-7-4-10-24-16)13-21(15-8-9-15)12-14-5-2-1-3-6-14/h1-7,10,15H,8-9,11-13H2,(H2,19,20,22,23). The second-order valence-corrected chi connectivity index (χ2v) is 6.96. The van der Waals surface area contributed by atoms with E-state index in [1.54, 1.807) is 11.3 Å². The van der Waals surface area contributed by atoms with Crippen LogP contribution >= 0.6 is 11.3 Å². The van der Waals surface area contributed by atoms with Crippen LogP contribution in [0.3, 0.4) is 0 Å². The Morgan fingerprint density at radius 1 is 1.12 bits per heavy atom. The Morgan fingerprint density at radius 3 is 2.58 bits per heavy atom. The maximum atomic E-state index is 12.1. The van der Waals surface area contributed by atoms with Crippen molar-refractivity contribution >= 4 is 23.3 Å². The number of hydrogen-bond acceptors (Lipinski definition) is 4. The molecule has 3 amide bonds. The van der Waals surface area contributed by atoms with E-state index in [1.165, 1.54) is 5.56 Å². The maximum absolute atomic E-state index is 12.1. The van der Waals surface area contributed by atoms with Crippen molar-refractivity contribution in [1.82, 2.24) is 15.5 Å². The molecule has 1 heterocycles. The summed E-state index contributed by atoms with van der Waals surface area (Å²) < 4.78 is 0. The molecule has 0 spiro atoms. The summed E-state index contributed by atoms with van der Waals surface area (Å²) in [5, 5.41) is 7.08. The van der Waals surface area contributed by atoms with Gasteiger partial charge < -0.3 is 5.32 Å². The third kappa shape index (κ3) is 5.18. The molecule has 0 radical (unpaired) electrons. The first-order valence-electron chi connectivity index (χ1n) is 8.09. The number of hydrogen-bond donors (Lipinski definition) is 2. The molecule has 0 saturated heterocycles. The van der Waals surface area contributed by atoms with Crippen molar-refractivity contribution in [3.05, 3.63) is 58.3 Å². The van der Waals surface area contributed by atoms with E-state index in [1.807, 2.05) is 35.7 Å². The van der Waals surface area contributed by atoms with Crippen molar-refractivity contribution in [3.63, 3.8) is 0 Å². The van der Waals surface area contributed by atoms with Gasteiger partial charge in [-0.2, -0.15) is 0 Å². The number of rotatable bonds is 7. The predicted molar refractivity (Wildman–Crippen MR) is 94.6 cm³/mol. The molecule has 2 N–H and O–H groups in total. The van der Waals surface area contributed by atoms with Crippen molar-refractivity contribution in [1.29, 1.82) is 0 Å². The van der Waals surface area contributed by atoms with Gasteiger partial charge in [-0.05, 0) is 29.9 Å². The van der Waals surface area contributed by atoms with E-state index in [0.717, 1.165) is 24.3 Å². The molecular formula is C18H21N3O2S. The van der Waals surface area contributed by atoms with Gasteiger partial charge in [0.15, 0.2) is 0 Å². The van der Waals surface area contributed by atoms with E-state index in [0.29, 0.717) is 12.6 Å². The smallest absolute Gasteiger partial charge is 0.321 e. The van der Waals surface area contributed by atoms with E-state index >= 15 is 0 Å². The number of carbonyl (C=O) groups excluding carboxylic acids is 2. The molecule has 0 unspecified atom stereocenters. The summed E-state index contributed by atoms with van der Waals surface area (Å²) in [6, 6.07) is 14.0. The lowest BCUT2D eigenvalue weighted by atomic mass is 10.2. The molecule has 2 aromatic rings. The van der Waals surface area contributed by atoms with Gasteiger partial charge in [0.2, 0.25) is 5.91 Å². The molecule has 1 aromatic heterocycles. The average molecular weight is 343 g/mol. The fourth-order valence-electron chi connectivity index (χ4n) is 2.55. The highest BCUT2D eigenvalue weighted by Crippen LogP contribution is 2.27. The zero-order valence-electron chi connectivity index (χ0n) is 13.4. The van der Waals surface area contributed by atoms with E-state index in [9.17, 15) is 9.59 Å². The normalized spacial score (nSPS) is 13.7. The second-order valence-electron chi connectivity index (χ2n) is 5.93. The summed E-state index contributed by atoms with van der Waals surface area (Å²) in [7, 11) is 0. The Labute approximate surface area is 145 Å². The van der Waals surface area contributed by atoms with Crippen molar-refractivity contribution in [2.45, 2.75) is 32.0 Å². The van der Waals surface area contributed by atoms with E-state index < -0.39 is 6.03 Å². The van der Waals surface area contributed by atoms with E-state index in [4.69, 9.17) is 0 Å². The molecule has 126 valence electrons. The van der Waals surface area contributed by atoms with Crippen molar-refractivity contribution in [2.75, 3.05) is 6.54 Å². The first kappa shape index (κ1) is 16.7. The van der Waals surface area contributed by atoms with Gasteiger partial charge in [0.25, 0.3) is 0 Å². The minimum Gasteiger partial charge on any atom is -0.333 e. The van der Waals surface area contributed by atoms with Crippen LogP contribution in [0.15, 0.2) is 47.8 Å². The molecular weight excluding hydrogens is 322 g/mol. The summed E-state index contributed by atoms with van der Waals surface area (Å²) in [4.78, 5) is 27.1. The van der Waals surface area contributed by atoms with Gasteiger partial charge in [-0.3, -0.25) is 15.0 Å². The molecule has 0 aliphatic heterocycles. The minimum atomic E-state index is -0.441.